The van der Waals surface area contributed by atoms with Crippen LogP contribution in [0.25, 0.3) is 102 Å². The van der Waals surface area contributed by atoms with Gasteiger partial charge >= 0.3 is 0 Å². The van der Waals surface area contributed by atoms with Crippen molar-refractivity contribution in [1.82, 2.24) is 87.6 Å². The van der Waals surface area contributed by atoms with Crippen LogP contribution in [0.4, 0.5) is 34.1 Å². The van der Waals surface area contributed by atoms with Crippen LogP contribution in [0.1, 0.15) is 195 Å². The molecule has 768 valence electrons. The van der Waals surface area contributed by atoms with Crippen molar-refractivity contribution in [2.45, 2.75) is 262 Å². The van der Waals surface area contributed by atoms with Gasteiger partial charge in [-0.15, -0.1) is 61.2 Å². The Labute approximate surface area is 873 Å². The summed E-state index contributed by atoms with van der Waals surface area (Å²) in [5.74, 6) is 6.08. The first kappa shape index (κ1) is 103. The molecule has 24 rings (SSSR count). The van der Waals surface area contributed by atoms with E-state index in [2.05, 4.69) is 369 Å². The SMILES string of the molecule is Cc1cccc(-c2nnc3ccc(NC4CCC(Br)CC4)cn23)c1.Cc1cccc(-c2nnc3ccc(NC4CCC(C(C)(C)O)CC4)cn23)c1.Cc1cccc(-c2nnc3ccc(NC4CCC(C)(O)CC4)cn23)c1.Cc1cccc(-c2nnc3ccc(NC4CCC(CO)CC4)cn23)c1.Cc1cccc(-c2nnc3ccc(NC4CCC(O)CC4)cn23)c1.Cc1cccc(-c2nnc3ccc(NC4CCOCC4)cn23)c1. The maximum Gasteiger partial charge on any atom is 0.168 e. The highest BCUT2D eigenvalue weighted by Crippen LogP contribution is 2.38. The average molecular weight is 2050 g/mol. The van der Waals surface area contributed by atoms with E-state index in [0.717, 1.165) is 265 Å². The molecule has 29 nitrogen and oxygen atoms in total. The summed E-state index contributed by atoms with van der Waals surface area (Å²) in [6.45, 7) is 20.3. The van der Waals surface area contributed by atoms with Crippen LogP contribution in [0.5, 0.6) is 0 Å². The summed E-state index contributed by atoms with van der Waals surface area (Å²) in [7, 11) is 0. The number of anilines is 6. The Hall–Kier alpha value is -13.9. The molecule has 10 N–H and O–H groups in total. The molecule has 6 aromatic carbocycles. The number of aromatic nitrogens is 18. The number of hydrogen-bond acceptors (Lipinski definition) is 23. The third-order valence-electron chi connectivity index (χ3n) is 29.8. The second-order valence-corrected chi connectivity index (χ2v) is 43.6. The van der Waals surface area contributed by atoms with Gasteiger partial charge in [-0.3, -0.25) is 26.4 Å². The molecule has 13 heterocycles. The van der Waals surface area contributed by atoms with Crippen LogP contribution >= 0.6 is 15.9 Å². The summed E-state index contributed by atoms with van der Waals surface area (Å²) in [6.07, 6.45) is 35.5. The number of aliphatic hydroxyl groups excluding tert-OH is 2. The van der Waals surface area contributed by atoms with Gasteiger partial charge in [-0.1, -0.05) is 159 Å². The van der Waals surface area contributed by atoms with Crippen LogP contribution < -0.4 is 31.9 Å². The number of nitrogens with zero attached hydrogens (tertiary/aromatic N) is 18. The van der Waals surface area contributed by atoms with E-state index in [0.29, 0.717) is 59.5 Å². The topological polar surface area (TPSA) is 343 Å². The van der Waals surface area contributed by atoms with Crippen molar-refractivity contribution in [3.05, 3.63) is 289 Å². The molecule has 5 saturated carbocycles. The van der Waals surface area contributed by atoms with E-state index in [1.54, 1.807) is 0 Å². The van der Waals surface area contributed by atoms with Crippen molar-refractivity contribution < 1.29 is 25.2 Å². The molecule has 1 saturated heterocycles. The van der Waals surface area contributed by atoms with E-state index in [1.165, 1.54) is 59.1 Å². The molecule has 0 atom stereocenters. The molecule has 18 aromatic rings. The fraction of sp³-hybridized carbons (Fsp3) is 0.390. The van der Waals surface area contributed by atoms with Gasteiger partial charge in [0.05, 0.1) is 51.4 Å². The lowest BCUT2D eigenvalue weighted by Crippen LogP contribution is -2.37. The van der Waals surface area contributed by atoms with Gasteiger partial charge in [-0.2, -0.15) is 0 Å². The molecule has 12 aromatic heterocycles. The Morgan fingerprint density at radius 2 is 0.541 bits per heavy atom. The second kappa shape index (κ2) is 47.1. The number of rotatable bonds is 20. The number of aliphatic hydroxyl groups is 4. The van der Waals surface area contributed by atoms with Gasteiger partial charge < -0.3 is 57.1 Å². The normalized spacial score (nSPS) is 20.6. The highest BCUT2D eigenvalue weighted by molar-refractivity contribution is 9.09. The highest BCUT2D eigenvalue weighted by atomic mass is 79.9. The lowest BCUT2D eigenvalue weighted by Gasteiger charge is -2.36. The summed E-state index contributed by atoms with van der Waals surface area (Å²) >= 11 is 3.72. The Bertz CT molecular complexity index is 7330. The van der Waals surface area contributed by atoms with Gasteiger partial charge in [-0.05, 0) is 325 Å². The Morgan fingerprint density at radius 3 is 0.784 bits per heavy atom. The Kier molecular flexibility index (Phi) is 32.7. The zero-order valence-corrected chi connectivity index (χ0v) is 87.9. The Morgan fingerprint density at radius 1 is 0.311 bits per heavy atom. The molecule has 0 bridgehead atoms. The maximum atomic E-state index is 10.2. The molecular weight excluding hydrogens is 1910 g/mol. The number of fused-ring (bicyclic) bond motifs is 6. The monoisotopic (exact) mass is 2050 g/mol. The van der Waals surface area contributed by atoms with Crippen molar-refractivity contribution in [3.63, 3.8) is 0 Å². The van der Waals surface area contributed by atoms with Crippen LogP contribution in [0, 0.1) is 53.4 Å². The van der Waals surface area contributed by atoms with Crippen LogP contribution in [0.15, 0.2) is 256 Å². The summed E-state index contributed by atoms with van der Waals surface area (Å²) in [6, 6.07) is 77.3. The molecule has 0 amide bonds. The highest BCUT2D eigenvalue weighted by Gasteiger charge is 2.33. The molecule has 6 fully saturated rings. The quantitative estimate of drug-likeness (QED) is 0.0317. The number of benzene rings is 6. The van der Waals surface area contributed by atoms with E-state index >= 15 is 0 Å². The van der Waals surface area contributed by atoms with Crippen molar-refractivity contribution in [3.8, 4) is 68.3 Å². The smallest absolute Gasteiger partial charge is 0.168 e. The van der Waals surface area contributed by atoms with Gasteiger partial charge in [0.1, 0.15) is 0 Å². The number of pyridine rings is 6. The van der Waals surface area contributed by atoms with Crippen molar-refractivity contribution in [1.29, 1.82) is 0 Å². The minimum Gasteiger partial charge on any atom is -0.396 e. The summed E-state index contributed by atoms with van der Waals surface area (Å²) in [5, 5.41) is 113. The molecular formula is C118H139BrN24O5. The molecule has 6 aliphatic rings. The first-order valence-electron chi connectivity index (χ1n) is 52.9. The number of ether oxygens (including phenoxy) is 1. The summed E-state index contributed by atoms with van der Waals surface area (Å²) in [5.41, 5.74) is 24.3. The van der Waals surface area contributed by atoms with Crippen molar-refractivity contribution in [2.75, 3.05) is 51.7 Å². The van der Waals surface area contributed by atoms with Crippen molar-refractivity contribution in [2.24, 2.45) is 11.8 Å². The predicted molar refractivity (Wildman–Crippen MR) is 596 cm³/mol. The summed E-state index contributed by atoms with van der Waals surface area (Å²) in [4.78, 5) is 0.684. The molecule has 0 radical (unpaired) electrons. The predicted octanol–water partition coefficient (Wildman–Crippen LogP) is 23.5. The molecule has 1 aliphatic heterocycles. The average Bonchev–Trinajstić information content (AvgIpc) is 1.66. The fourth-order valence-electron chi connectivity index (χ4n) is 21.2. The van der Waals surface area contributed by atoms with Gasteiger partial charge in [0.2, 0.25) is 0 Å². The Balaban J connectivity index is 0.000000112. The van der Waals surface area contributed by atoms with E-state index in [1.807, 2.05) is 84.2 Å². The summed E-state index contributed by atoms with van der Waals surface area (Å²) < 4.78 is 17.7. The number of nitrogens with one attached hydrogen (secondary N) is 6. The van der Waals surface area contributed by atoms with Gasteiger partial charge in [0.15, 0.2) is 68.8 Å². The second-order valence-electron chi connectivity index (χ2n) is 42.3. The van der Waals surface area contributed by atoms with Crippen LogP contribution in [-0.4, -0.2) is 186 Å². The minimum absolute atomic E-state index is 0.128. The molecule has 30 heteroatoms. The maximum absolute atomic E-state index is 10.2. The van der Waals surface area contributed by atoms with Gasteiger partial charge in [0.25, 0.3) is 0 Å². The third kappa shape index (κ3) is 26.3. The zero-order chi connectivity index (χ0) is 102. The number of alkyl halides is 1. The molecule has 5 aliphatic carbocycles. The third-order valence-corrected chi connectivity index (χ3v) is 30.7. The van der Waals surface area contributed by atoms with Gasteiger partial charge in [0, 0.05) is 131 Å². The lowest BCUT2D eigenvalue weighted by atomic mass is 9.77. The van der Waals surface area contributed by atoms with E-state index in [4.69, 9.17) is 4.74 Å². The van der Waals surface area contributed by atoms with E-state index < -0.39 is 11.2 Å². The number of halogens is 1. The number of hydrogen-bond donors (Lipinski definition) is 10. The van der Waals surface area contributed by atoms with Crippen LogP contribution in [0.3, 0.4) is 0 Å². The van der Waals surface area contributed by atoms with Gasteiger partial charge in [-0.25, -0.2) is 0 Å². The molecule has 0 spiro atoms. The van der Waals surface area contributed by atoms with E-state index in [9.17, 15) is 20.4 Å². The van der Waals surface area contributed by atoms with Crippen LogP contribution in [0.2, 0.25) is 0 Å². The van der Waals surface area contributed by atoms with Crippen molar-refractivity contribution >= 4 is 83.9 Å². The zero-order valence-electron chi connectivity index (χ0n) is 86.3. The first-order valence-corrected chi connectivity index (χ1v) is 53.8. The fourth-order valence-corrected chi connectivity index (χ4v) is 21.8. The minimum atomic E-state index is -0.574. The number of aryl methyl sites for hydroxylation is 6. The first-order chi connectivity index (χ1) is 71.8. The molecule has 0 unspecified atom stereocenters. The standard InChI is InChI=1S/C22H28N4O.2C20H24N4O.C19H21BrN4.C19H22N4O.C18H20N4O/c1-15-5-4-6-16(13-15)21-25-24-20-12-11-19(14-26(20)21)23-18-9-7-17(8-10-18)22(2,3)27;1-14-4-3-5-15(12-14)19-23-22-18-7-6-17(13-24(18)19)21-16-8-10-20(2,25)11-9-16;1-14-3-2-4-16(11-14)20-23-22-19-10-9-18(12-24(19)20)21-17-7-5-15(13-25)6-8-17;1-13-3-2-4-14(11-13)19-23-22-18-10-9-17(12-24(18)19)21-16-7-5-15(20)6-8-16;1-13-3-2-4-14(11-13)19-22-21-18-10-7-16(12-23(18)19)20-15-5-8-17(24)9-6-15;1-13-3-2-4-14(11-13)18-21-20-17-6-5-16(12-22(17)18)19-15-7-9-23-10-8-15/h4-6,11-14,17-18,23,27H,7-10H2,1-3H3;3-7,12-13,16,21,25H,8-11H2,1-2H3;2-4,9-12,15,17,21,25H,5-8,13H2,1H3;2-4,9-12,15-16,21H,5-8H2,1H3;2-4,7,10-12,15,17,20,24H,5-6,8-9H2,1H3;2-6,11-12,15,19H,7-10H2,1H3. The largest absolute Gasteiger partial charge is 0.396 e. The molecule has 148 heavy (non-hydrogen) atoms. The van der Waals surface area contributed by atoms with Crippen LogP contribution in [-0.2, 0) is 4.74 Å². The lowest BCUT2D eigenvalue weighted by molar-refractivity contribution is -0.000414. The van der Waals surface area contributed by atoms with E-state index in [-0.39, 0.29) is 6.10 Å².